The second kappa shape index (κ2) is 9.08. The minimum atomic E-state index is -4.08. The molecule has 0 bridgehead atoms. The summed E-state index contributed by atoms with van der Waals surface area (Å²) in [6, 6.07) is 19.3. The maximum atomic E-state index is 12.2. The van der Waals surface area contributed by atoms with Gasteiger partial charge in [0.05, 0.1) is 15.5 Å². The van der Waals surface area contributed by atoms with Crippen molar-refractivity contribution >= 4 is 38.0 Å². The van der Waals surface area contributed by atoms with E-state index in [-0.39, 0.29) is 15.5 Å². The number of rotatable bonds is 6. The Bertz CT molecular complexity index is 1320. The lowest BCUT2D eigenvalue weighted by Crippen LogP contribution is -2.33. The van der Waals surface area contributed by atoms with Crippen molar-refractivity contribution in [3.05, 3.63) is 84.4 Å². The number of nitrogens with two attached hydrogens (primary N) is 1. The number of para-hydroxylation sites is 1. The van der Waals surface area contributed by atoms with Gasteiger partial charge in [0.2, 0.25) is 10.0 Å². The Labute approximate surface area is 179 Å². The van der Waals surface area contributed by atoms with Crippen LogP contribution in [0.15, 0.2) is 93.6 Å². The van der Waals surface area contributed by atoms with Gasteiger partial charge in [-0.25, -0.2) is 31.5 Å². The fraction of sp³-hybridized carbons (Fsp3) is 0. The molecule has 3 N–H and O–H groups in total. The first-order chi connectivity index (χ1) is 14.6. The van der Waals surface area contributed by atoms with Gasteiger partial charge in [-0.05, 0) is 48.5 Å². The smallest absolute Gasteiger partial charge is 0.409 e. The number of hydrogen-bond donors (Lipinski definition) is 2. The summed E-state index contributed by atoms with van der Waals surface area (Å²) in [6.45, 7) is 0. The summed E-state index contributed by atoms with van der Waals surface area (Å²) in [5.74, 6) is 0.0770. The fourth-order valence-electron chi connectivity index (χ4n) is 2.44. The van der Waals surface area contributed by atoms with Gasteiger partial charge in [0, 0.05) is 11.8 Å². The Kier molecular flexibility index (Phi) is 6.49. The highest BCUT2D eigenvalue weighted by molar-refractivity contribution is 7.90. The van der Waals surface area contributed by atoms with E-state index in [9.17, 15) is 21.6 Å². The molecule has 9 nitrogen and oxygen atoms in total. The van der Waals surface area contributed by atoms with E-state index in [4.69, 9.17) is 9.88 Å². The van der Waals surface area contributed by atoms with Crippen molar-refractivity contribution in [2.24, 2.45) is 10.1 Å². The van der Waals surface area contributed by atoms with Crippen molar-refractivity contribution in [1.29, 1.82) is 0 Å². The van der Waals surface area contributed by atoms with Gasteiger partial charge in [-0.1, -0.05) is 30.3 Å². The maximum absolute atomic E-state index is 12.2. The summed E-state index contributed by atoms with van der Waals surface area (Å²) >= 11 is 0. The number of nitrogens with zero attached hydrogens (tertiary/aromatic N) is 1. The number of carbonyl (C=O) groups is 1. The van der Waals surface area contributed by atoms with Gasteiger partial charge in [-0.15, -0.1) is 0 Å². The minimum absolute atomic E-state index is 0.0496. The number of benzene rings is 3. The molecule has 0 aliphatic carbocycles. The molecule has 0 saturated carbocycles. The van der Waals surface area contributed by atoms with Crippen LogP contribution in [0.25, 0.3) is 0 Å². The first-order valence-electron chi connectivity index (χ1n) is 8.71. The molecule has 0 radical (unpaired) electrons. The van der Waals surface area contributed by atoms with Gasteiger partial charge >= 0.3 is 6.09 Å². The van der Waals surface area contributed by atoms with E-state index in [1.165, 1.54) is 60.8 Å². The molecule has 3 rings (SSSR count). The van der Waals surface area contributed by atoms with Gasteiger partial charge in [0.1, 0.15) is 5.75 Å². The van der Waals surface area contributed by atoms with Gasteiger partial charge in [0.15, 0.2) is 0 Å². The third-order valence-corrected chi connectivity index (χ3v) is 6.17. The number of carbonyl (C=O) groups excluding carboxylic acids is 1. The third-order valence-electron chi connectivity index (χ3n) is 3.91. The molecule has 0 saturated heterocycles. The summed E-state index contributed by atoms with van der Waals surface area (Å²) in [5, 5.41) is 5.06. The number of primary sulfonamides is 1. The van der Waals surface area contributed by atoms with Crippen molar-refractivity contribution in [2.75, 3.05) is 0 Å². The third kappa shape index (κ3) is 5.98. The van der Waals surface area contributed by atoms with Gasteiger partial charge in [-0.2, -0.15) is 0 Å². The molecule has 0 aliphatic rings. The fourth-order valence-corrected chi connectivity index (χ4v) is 3.84. The van der Waals surface area contributed by atoms with E-state index in [0.717, 1.165) is 0 Å². The molecule has 1 amide bonds. The summed E-state index contributed by atoms with van der Waals surface area (Å²) in [4.78, 5) is 16.2. The lowest BCUT2D eigenvalue weighted by atomic mass is 10.2. The van der Waals surface area contributed by atoms with Crippen molar-refractivity contribution in [1.82, 2.24) is 4.72 Å². The van der Waals surface area contributed by atoms with Crippen molar-refractivity contribution < 1.29 is 26.4 Å². The lowest BCUT2D eigenvalue weighted by molar-refractivity contribution is 0.206. The normalized spacial score (nSPS) is 11.9. The Morgan fingerprint density at radius 2 is 1.45 bits per heavy atom. The van der Waals surface area contributed by atoms with E-state index < -0.39 is 26.1 Å². The van der Waals surface area contributed by atoms with Crippen LogP contribution in [0.4, 0.5) is 10.5 Å². The van der Waals surface area contributed by atoms with Crippen LogP contribution >= 0.6 is 0 Å². The molecule has 3 aromatic carbocycles. The number of hydrogen-bond acceptors (Lipinski definition) is 7. The first-order valence-corrected chi connectivity index (χ1v) is 11.7. The highest BCUT2D eigenvalue weighted by atomic mass is 32.2. The van der Waals surface area contributed by atoms with Crippen LogP contribution in [0.3, 0.4) is 0 Å². The van der Waals surface area contributed by atoms with Crippen molar-refractivity contribution in [3.8, 4) is 5.75 Å². The number of sulfonamides is 2. The molecule has 3 aromatic rings. The SMILES string of the molecule is NS(=O)(=O)c1ccc(N=Cc2ccccc2OC(=O)NS(=O)(=O)c2ccccc2)cc1. The van der Waals surface area contributed by atoms with Crippen LogP contribution in [0, 0.1) is 0 Å². The maximum Gasteiger partial charge on any atom is 0.426 e. The quantitative estimate of drug-likeness (QED) is 0.542. The van der Waals surface area contributed by atoms with Crippen molar-refractivity contribution in [3.63, 3.8) is 0 Å². The second-order valence-corrected chi connectivity index (χ2v) is 9.39. The molecular formula is C20H17N3O6S2. The first kappa shape index (κ1) is 22.2. The average molecular weight is 460 g/mol. The molecule has 160 valence electrons. The van der Waals surface area contributed by atoms with E-state index in [1.54, 1.807) is 24.3 Å². The number of amides is 1. The number of aliphatic imine (C=N–C) groups is 1. The Balaban J connectivity index is 1.74. The summed E-state index contributed by atoms with van der Waals surface area (Å²) < 4.78 is 54.1. The van der Waals surface area contributed by atoms with Crippen LogP contribution in [0.1, 0.15) is 5.56 Å². The zero-order chi connectivity index (χ0) is 22.5. The molecule has 0 heterocycles. The number of nitrogens with one attached hydrogen (secondary N) is 1. The Morgan fingerprint density at radius 3 is 2.10 bits per heavy atom. The zero-order valence-electron chi connectivity index (χ0n) is 15.9. The van der Waals surface area contributed by atoms with Crippen LogP contribution in [0.5, 0.6) is 5.75 Å². The zero-order valence-corrected chi connectivity index (χ0v) is 17.5. The predicted molar refractivity (Wildman–Crippen MR) is 114 cm³/mol. The molecule has 0 aromatic heterocycles. The molecule has 0 unspecified atom stereocenters. The Morgan fingerprint density at radius 1 is 0.839 bits per heavy atom. The second-order valence-electron chi connectivity index (χ2n) is 6.14. The van der Waals surface area contributed by atoms with Crippen LogP contribution < -0.4 is 14.6 Å². The van der Waals surface area contributed by atoms with E-state index >= 15 is 0 Å². The lowest BCUT2D eigenvalue weighted by Gasteiger charge is -2.09. The molecule has 0 aliphatic heterocycles. The highest BCUT2D eigenvalue weighted by Gasteiger charge is 2.19. The molecular weight excluding hydrogens is 442 g/mol. The van der Waals surface area contributed by atoms with E-state index in [1.807, 2.05) is 4.72 Å². The molecule has 0 atom stereocenters. The Hall–Kier alpha value is -3.54. The topological polar surface area (TPSA) is 145 Å². The standard InChI is InChI=1S/C20H17N3O6S2/c21-30(25,26)17-12-10-16(11-13-17)22-14-15-6-4-5-9-19(15)29-20(24)23-31(27,28)18-7-2-1-3-8-18/h1-14H,(H,23,24)(H2,21,25,26). The van der Waals surface area contributed by atoms with Gasteiger partial charge in [-0.3, -0.25) is 4.99 Å². The largest absolute Gasteiger partial charge is 0.426 e. The average Bonchev–Trinajstić information content (AvgIpc) is 2.73. The molecule has 11 heteroatoms. The highest BCUT2D eigenvalue weighted by Crippen LogP contribution is 2.20. The number of ether oxygens (including phenoxy) is 1. The molecule has 0 spiro atoms. The van der Waals surface area contributed by atoms with Crippen molar-refractivity contribution in [2.45, 2.75) is 9.79 Å². The summed E-state index contributed by atoms with van der Waals surface area (Å²) in [5.41, 5.74) is 0.823. The molecule has 0 fully saturated rings. The van der Waals surface area contributed by atoms with Gasteiger partial charge in [0.25, 0.3) is 10.0 Å². The van der Waals surface area contributed by atoms with Crippen LogP contribution in [-0.4, -0.2) is 29.1 Å². The van der Waals surface area contributed by atoms with Crippen LogP contribution in [0.2, 0.25) is 0 Å². The van der Waals surface area contributed by atoms with E-state index in [2.05, 4.69) is 4.99 Å². The van der Waals surface area contributed by atoms with E-state index in [0.29, 0.717) is 11.3 Å². The van der Waals surface area contributed by atoms with Crippen LogP contribution in [-0.2, 0) is 20.0 Å². The minimum Gasteiger partial charge on any atom is -0.409 e. The monoisotopic (exact) mass is 459 g/mol. The molecule has 31 heavy (non-hydrogen) atoms. The predicted octanol–water partition coefficient (Wildman–Crippen LogP) is 2.56. The van der Waals surface area contributed by atoms with Gasteiger partial charge < -0.3 is 4.74 Å². The summed E-state index contributed by atoms with van der Waals surface area (Å²) in [7, 11) is -7.89. The summed E-state index contributed by atoms with van der Waals surface area (Å²) in [6.07, 6.45) is 0.211.